The van der Waals surface area contributed by atoms with Crippen molar-refractivity contribution in [3.05, 3.63) is 34.9 Å². The van der Waals surface area contributed by atoms with Gasteiger partial charge >= 0.3 is 0 Å². The zero-order valence-corrected chi connectivity index (χ0v) is 9.01. The predicted octanol–water partition coefficient (Wildman–Crippen LogP) is 1.78. The minimum atomic E-state index is 0.264. The van der Waals surface area contributed by atoms with Gasteiger partial charge in [-0.3, -0.25) is 0 Å². The third-order valence-corrected chi connectivity index (χ3v) is 2.12. The summed E-state index contributed by atoms with van der Waals surface area (Å²) in [7, 11) is 0. The summed E-state index contributed by atoms with van der Waals surface area (Å²) in [5.41, 5.74) is 3.94. The third-order valence-electron chi connectivity index (χ3n) is 2.12. The average Bonchev–Trinajstić information content (AvgIpc) is 2.11. The number of nitrogens with one attached hydrogen (secondary N) is 1. The molecule has 0 amide bonds. The molecular weight excluding hydrogens is 174 g/mol. The molecule has 0 fully saturated rings. The molecule has 14 heavy (non-hydrogen) atoms. The molecular formula is C12H19NO. The van der Waals surface area contributed by atoms with E-state index in [1.807, 2.05) is 0 Å². The highest BCUT2D eigenvalue weighted by molar-refractivity contribution is 5.28. The molecule has 1 rings (SSSR count). The van der Waals surface area contributed by atoms with Crippen LogP contribution in [0.2, 0.25) is 0 Å². The third kappa shape index (κ3) is 3.90. The van der Waals surface area contributed by atoms with Gasteiger partial charge in [0.15, 0.2) is 0 Å². The fourth-order valence-electron chi connectivity index (χ4n) is 1.61. The lowest BCUT2D eigenvalue weighted by molar-refractivity contribution is 0.286. The van der Waals surface area contributed by atoms with E-state index in [-0.39, 0.29) is 6.61 Å². The molecule has 0 aromatic heterocycles. The van der Waals surface area contributed by atoms with Gasteiger partial charge in [0.1, 0.15) is 0 Å². The molecule has 0 unspecified atom stereocenters. The zero-order valence-electron chi connectivity index (χ0n) is 9.01. The first kappa shape index (κ1) is 11.2. The maximum atomic E-state index is 8.61. The highest BCUT2D eigenvalue weighted by Crippen LogP contribution is 2.08. The topological polar surface area (TPSA) is 32.3 Å². The molecule has 2 heteroatoms. The summed E-state index contributed by atoms with van der Waals surface area (Å²) in [5, 5.41) is 11.9. The maximum Gasteiger partial charge on any atom is 0.0443 e. The Bertz CT molecular complexity index is 263. The van der Waals surface area contributed by atoms with Crippen LogP contribution >= 0.6 is 0 Å². The van der Waals surface area contributed by atoms with Crippen LogP contribution in [0.4, 0.5) is 0 Å². The predicted molar refractivity (Wildman–Crippen MR) is 59.3 cm³/mol. The van der Waals surface area contributed by atoms with Crippen LogP contribution in [0, 0.1) is 13.8 Å². The number of hydrogen-bond acceptors (Lipinski definition) is 2. The summed E-state index contributed by atoms with van der Waals surface area (Å²) in [6.07, 6.45) is 0.824. The molecule has 0 aliphatic carbocycles. The second-order valence-corrected chi connectivity index (χ2v) is 3.75. The van der Waals surface area contributed by atoms with E-state index < -0.39 is 0 Å². The summed E-state index contributed by atoms with van der Waals surface area (Å²) >= 11 is 0. The van der Waals surface area contributed by atoms with Crippen LogP contribution in [0.5, 0.6) is 0 Å². The van der Waals surface area contributed by atoms with Crippen LogP contribution in [0.25, 0.3) is 0 Å². The van der Waals surface area contributed by atoms with Crippen molar-refractivity contribution in [2.24, 2.45) is 0 Å². The fraction of sp³-hybridized carbons (Fsp3) is 0.500. The van der Waals surface area contributed by atoms with Crippen LogP contribution < -0.4 is 5.32 Å². The van der Waals surface area contributed by atoms with Crippen LogP contribution in [0.3, 0.4) is 0 Å². The van der Waals surface area contributed by atoms with Crippen LogP contribution in [0.1, 0.15) is 23.1 Å². The van der Waals surface area contributed by atoms with Crippen molar-refractivity contribution in [1.29, 1.82) is 0 Å². The van der Waals surface area contributed by atoms with Gasteiger partial charge in [-0.05, 0) is 32.4 Å². The maximum absolute atomic E-state index is 8.61. The van der Waals surface area contributed by atoms with Crippen molar-refractivity contribution >= 4 is 0 Å². The molecule has 0 radical (unpaired) electrons. The summed E-state index contributed by atoms with van der Waals surface area (Å²) in [6, 6.07) is 6.56. The number of aliphatic hydroxyl groups is 1. The van der Waals surface area contributed by atoms with E-state index in [0.29, 0.717) is 0 Å². The monoisotopic (exact) mass is 193 g/mol. The molecule has 1 aromatic carbocycles. The van der Waals surface area contributed by atoms with Crippen molar-refractivity contribution in [2.75, 3.05) is 13.2 Å². The number of rotatable bonds is 5. The SMILES string of the molecule is Cc1cc(C)cc(CNCCCO)c1. The Morgan fingerprint density at radius 2 is 1.79 bits per heavy atom. The van der Waals surface area contributed by atoms with Crippen LogP contribution in [-0.2, 0) is 6.54 Å². The molecule has 1 aromatic rings. The lowest BCUT2D eigenvalue weighted by Crippen LogP contribution is -2.15. The van der Waals surface area contributed by atoms with E-state index in [1.54, 1.807) is 0 Å². The minimum Gasteiger partial charge on any atom is -0.396 e. The van der Waals surface area contributed by atoms with Gasteiger partial charge in [-0.15, -0.1) is 0 Å². The summed E-state index contributed by atoms with van der Waals surface area (Å²) < 4.78 is 0. The van der Waals surface area contributed by atoms with Gasteiger partial charge in [0, 0.05) is 13.2 Å². The van der Waals surface area contributed by atoms with Crippen molar-refractivity contribution in [1.82, 2.24) is 5.32 Å². The average molecular weight is 193 g/mol. The van der Waals surface area contributed by atoms with Gasteiger partial charge in [0.05, 0.1) is 0 Å². The molecule has 0 atom stereocenters. The Hall–Kier alpha value is -0.860. The summed E-state index contributed by atoms with van der Waals surface area (Å²) in [5.74, 6) is 0. The molecule has 0 heterocycles. The van der Waals surface area contributed by atoms with E-state index in [0.717, 1.165) is 19.5 Å². The summed E-state index contributed by atoms with van der Waals surface area (Å²) in [6.45, 7) is 6.26. The number of aryl methyl sites for hydroxylation is 2. The van der Waals surface area contributed by atoms with Crippen molar-refractivity contribution in [3.8, 4) is 0 Å². The van der Waals surface area contributed by atoms with Crippen molar-refractivity contribution < 1.29 is 5.11 Å². The van der Waals surface area contributed by atoms with Gasteiger partial charge in [-0.2, -0.15) is 0 Å². The lowest BCUT2D eigenvalue weighted by Gasteiger charge is -2.06. The number of hydrogen-bond donors (Lipinski definition) is 2. The molecule has 78 valence electrons. The Balaban J connectivity index is 2.42. The van der Waals surface area contributed by atoms with Crippen molar-refractivity contribution in [3.63, 3.8) is 0 Å². The quantitative estimate of drug-likeness (QED) is 0.699. The second kappa shape index (κ2) is 5.78. The Labute approximate surface area is 86.0 Å². The minimum absolute atomic E-state index is 0.264. The highest BCUT2D eigenvalue weighted by atomic mass is 16.3. The molecule has 0 saturated carbocycles. The molecule has 0 spiro atoms. The van der Waals surface area contributed by atoms with E-state index in [1.165, 1.54) is 16.7 Å². The van der Waals surface area contributed by atoms with Gasteiger partial charge in [-0.1, -0.05) is 29.3 Å². The largest absolute Gasteiger partial charge is 0.396 e. The second-order valence-electron chi connectivity index (χ2n) is 3.75. The van der Waals surface area contributed by atoms with E-state index in [2.05, 4.69) is 37.4 Å². The van der Waals surface area contributed by atoms with Crippen LogP contribution in [0.15, 0.2) is 18.2 Å². The smallest absolute Gasteiger partial charge is 0.0443 e. The lowest BCUT2D eigenvalue weighted by atomic mass is 10.1. The van der Waals surface area contributed by atoms with Gasteiger partial charge in [0.2, 0.25) is 0 Å². The first-order valence-electron chi connectivity index (χ1n) is 5.11. The molecule has 0 bridgehead atoms. The molecule has 0 aliphatic rings. The van der Waals surface area contributed by atoms with E-state index in [4.69, 9.17) is 5.11 Å². The standard InChI is InChI=1S/C12H19NO/c1-10-6-11(2)8-12(7-10)9-13-4-3-5-14/h6-8,13-14H,3-5,9H2,1-2H3. The van der Waals surface area contributed by atoms with Gasteiger partial charge in [0.25, 0.3) is 0 Å². The van der Waals surface area contributed by atoms with E-state index in [9.17, 15) is 0 Å². The Kier molecular flexibility index (Phi) is 4.63. The van der Waals surface area contributed by atoms with Gasteiger partial charge < -0.3 is 10.4 Å². The molecule has 0 saturated heterocycles. The molecule has 2 N–H and O–H groups in total. The number of benzene rings is 1. The zero-order chi connectivity index (χ0) is 10.4. The van der Waals surface area contributed by atoms with Gasteiger partial charge in [-0.25, -0.2) is 0 Å². The van der Waals surface area contributed by atoms with Crippen LogP contribution in [-0.4, -0.2) is 18.3 Å². The Morgan fingerprint density at radius 3 is 2.36 bits per heavy atom. The first-order valence-corrected chi connectivity index (χ1v) is 5.11. The first-order chi connectivity index (χ1) is 6.72. The Morgan fingerprint density at radius 1 is 1.14 bits per heavy atom. The normalized spacial score (nSPS) is 10.5. The van der Waals surface area contributed by atoms with Crippen molar-refractivity contribution in [2.45, 2.75) is 26.8 Å². The fourth-order valence-corrected chi connectivity index (χ4v) is 1.61. The molecule has 0 aliphatic heterocycles. The molecule has 2 nitrogen and oxygen atoms in total. The van der Waals surface area contributed by atoms with E-state index >= 15 is 0 Å². The number of aliphatic hydroxyl groups excluding tert-OH is 1. The summed E-state index contributed by atoms with van der Waals surface area (Å²) in [4.78, 5) is 0. The highest BCUT2D eigenvalue weighted by Gasteiger charge is 1.95.